The summed E-state index contributed by atoms with van der Waals surface area (Å²) < 4.78 is 7.95. The van der Waals surface area contributed by atoms with E-state index in [9.17, 15) is 9.59 Å². The number of aromatic amines is 1. The Balaban J connectivity index is 1.22. The van der Waals surface area contributed by atoms with Crippen LogP contribution in [0.25, 0.3) is 22.0 Å². The first-order valence-corrected chi connectivity index (χ1v) is 14.5. The Bertz CT molecular complexity index is 1620. The Morgan fingerprint density at radius 2 is 1.79 bits per heavy atom. The first-order valence-electron chi connectivity index (χ1n) is 14.5. The Hall–Kier alpha value is -4.41. The van der Waals surface area contributed by atoms with Crippen LogP contribution in [0.4, 0.5) is 5.82 Å². The number of aromatic nitrogens is 3. The Kier molecular flexibility index (Phi) is 8.07. The van der Waals surface area contributed by atoms with E-state index in [0.717, 1.165) is 62.4 Å². The number of piperidine rings is 1. The zero-order valence-corrected chi connectivity index (χ0v) is 23.9. The zero-order chi connectivity index (χ0) is 29.1. The van der Waals surface area contributed by atoms with Gasteiger partial charge in [0.1, 0.15) is 17.0 Å². The number of likely N-dealkylation sites (tertiary alicyclic amines) is 1. The summed E-state index contributed by atoms with van der Waals surface area (Å²) in [4.78, 5) is 32.8. The summed E-state index contributed by atoms with van der Waals surface area (Å²) in [7, 11) is 2.14. The number of likely N-dealkylation sites (N-methyl/N-ethyl adjacent to an activating group) is 1. The molecule has 218 valence electrons. The van der Waals surface area contributed by atoms with Crippen LogP contribution in [0.15, 0.2) is 77.7 Å². The lowest BCUT2D eigenvalue weighted by Crippen LogP contribution is -2.44. The van der Waals surface area contributed by atoms with Crippen LogP contribution in [0.5, 0.6) is 11.5 Å². The van der Waals surface area contributed by atoms with Crippen LogP contribution in [-0.4, -0.2) is 88.2 Å². The highest BCUT2D eigenvalue weighted by Gasteiger charge is 2.27. The van der Waals surface area contributed by atoms with Gasteiger partial charge in [-0.05, 0) is 49.7 Å². The van der Waals surface area contributed by atoms with Gasteiger partial charge in [-0.2, -0.15) is 5.10 Å². The number of hydrogen-bond donors (Lipinski definition) is 2. The number of H-pyrrole nitrogens is 1. The van der Waals surface area contributed by atoms with Crippen molar-refractivity contribution < 1.29 is 9.53 Å². The molecule has 2 aromatic carbocycles. The molecule has 3 N–H and O–H groups in total. The summed E-state index contributed by atoms with van der Waals surface area (Å²) in [6, 6.07) is 17.3. The van der Waals surface area contributed by atoms with Gasteiger partial charge in [-0.3, -0.25) is 14.5 Å². The molecule has 0 bridgehead atoms. The first-order chi connectivity index (χ1) is 20.5. The Morgan fingerprint density at radius 1 is 1.05 bits per heavy atom. The number of para-hydroxylation sites is 1. The maximum atomic E-state index is 13.1. The van der Waals surface area contributed by atoms with Gasteiger partial charge >= 0.3 is 0 Å². The molecule has 10 nitrogen and oxygen atoms in total. The second-order valence-corrected chi connectivity index (χ2v) is 11.1. The Labute approximate surface area is 245 Å². The minimum atomic E-state index is -0.301. The van der Waals surface area contributed by atoms with Gasteiger partial charge in [0.05, 0.1) is 11.4 Å². The summed E-state index contributed by atoms with van der Waals surface area (Å²) in [5, 5.41) is 7.23. The van der Waals surface area contributed by atoms with Crippen molar-refractivity contribution in [2.45, 2.75) is 18.9 Å². The molecule has 10 heteroatoms. The number of carbonyl (C=O) groups is 1. The lowest BCUT2D eigenvalue weighted by atomic mass is 10.1. The number of carbonyl (C=O) groups excluding carboxylic acids is 1. The summed E-state index contributed by atoms with van der Waals surface area (Å²) in [5.74, 6) is 1.74. The van der Waals surface area contributed by atoms with Crippen molar-refractivity contribution >= 4 is 22.6 Å². The van der Waals surface area contributed by atoms with E-state index in [0.29, 0.717) is 29.7 Å². The van der Waals surface area contributed by atoms with Crippen LogP contribution in [0.3, 0.4) is 0 Å². The van der Waals surface area contributed by atoms with Crippen molar-refractivity contribution in [1.29, 1.82) is 0 Å². The second kappa shape index (κ2) is 12.2. The van der Waals surface area contributed by atoms with Gasteiger partial charge in [0, 0.05) is 63.6 Å². The van der Waals surface area contributed by atoms with E-state index in [2.05, 4.69) is 27.0 Å². The third-order valence-electron chi connectivity index (χ3n) is 8.25. The summed E-state index contributed by atoms with van der Waals surface area (Å²) in [6.45, 7) is 6.12. The molecule has 2 aliphatic heterocycles. The van der Waals surface area contributed by atoms with E-state index in [4.69, 9.17) is 10.5 Å². The largest absolute Gasteiger partial charge is 0.457 e. The van der Waals surface area contributed by atoms with E-state index in [-0.39, 0.29) is 23.3 Å². The highest BCUT2D eigenvalue weighted by Crippen LogP contribution is 2.36. The van der Waals surface area contributed by atoms with E-state index in [1.165, 1.54) is 0 Å². The zero-order valence-electron chi connectivity index (χ0n) is 23.9. The number of benzene rings is 2. The quantitative estimate of drug-likeness (QED) is 0.327. The lowest BCUT2D eigenvalue weighted by molar-refractivity contribution is -0.127. The van der Waals surface area contributed by atoms with Crippen LogP contribution in [0.1, 0.15) is 18.9 Å². The summed E-state index contributed by atoms with van der Waals surface area (Å²) in [5.41, 5.74) is 8.24. The molecule has 0 aliphatic carbocycles. The maximum Gasteiger partial charge on any atom is 0.288 e. The maximum absolute atomic E-state index is 13.1. The van der Waals surface area contributed by atoms with Crippen molar-refractivity contribution in [2.24, 2.45) is 0 Å². The van der Waals surface area contributed by atoms with Gasteiger partial charge in [0.2, 0.25) is 5.91 Å². The number of rotatable bonds is 7. The Morgan fingerprint density at radius 3 is 2.55 bits per heavy atom. The molecule has 2 aromatic heterocycles. The fraction of sp³-hybridized carbons (Fsp3) is 0.344. The summed E-state index contributed by atoms with van der Waals surface area (Å²) in [6.07, 6.45) is 7.36. The molecular weight excluding hydrogens is 530 g/mol. The number of nitrogens with one attached hydrogen (secondary N) is 1. The second-order valence-electron chi connectivity index (χ2n) is 11.1. The molecule has 4 heterocycles. The number of fused-ring (bicyclic) bond motifs is 1. The third-order valence-corrected chi connectivity index (χ3v) is 8.25. The smallest absolute Gasteiger partial charge is 0.288 e. The number of hydrogen-bond acceptors (Lipinski definition) is 7. The van der Waals surface area contributed by atoms with Crippen LogP contribution in [-0.2, 0) is 4.79 Å². The molecule has 2 fully saturated rings. The van der Waals surface area contributed by atoms with Gasteiger partial charge in [-0.15, -0.1) is 0 Å². The highest BCUT2D eigenvalue weighted by atomic mass is 16.5. The molecule has 0 unspecified atom stereocenters. The molecule has 0 saturated carbocycles. The lowest BCUT2D eigenvalue weighted by Gasteiger charge is -2.33. The fourth-order valence-electron chi connectivity index (χ4n) is 5.89. The number of piperazine rings is 1. The molecule has 42 heavy (non-hydrogen) atoms. The van der Waals surface area contributed by atoms with Gasteiger partial charge < -0.3 is 24.8 Å². The summed E-state index contributed by atoms with van der Waals surface area (Å²) >= 11 is 0. The molecule has 4 aromatic rings. The van der Waals surface area contributed by atoms with Crippen LogP contribution in [0.2, 0.25) is 0 Å². The molecule has 1 atom stereocenters. The van der Waals surface area contributed by atoms with E-state index < -0.39 is 0 Å². The van der Waals surface area contributed by atoms with Gasteiger partial charge in [-0.25, -0.2) is 5.10 Å². The number of nitrogen functional groups attached to an aromatic ring is 1. The normalized spacial score (nSPS) is 18.6. The van der Waals surface area contributed by atoms with Gasteiger partial charge in [-0.1, -0.05) is 36.4 Å². The number of nitrogens with zero attached hydrogens (tertiary/aromatic N) is 5. The minimum absolute atomic E-state index is 0.00890. The average molecular weight is 568 g/mol. The number of amides is 1. The van der Waals surface area contributed by atoms with Crippen molar-refractivity contribution in [3.05, 3.63) is 83.3 Å². The van der Waals surface area contributed by atoms with Gasteiger partial charge in [0.15, 0.2) is 5.82 Å². The van der Waals surface area contributed by atoms with Crippen molar-refractivity contribution in [3.63, 3.8) is 0 Å². The SMILES string of the molecule is CN1CCN(C/C=C/C(=O)N2CCC[C@@H](n3cc(-c4ccc(Oc5ccccc5)cc4)c4c(N)n[nH]c(=O)c43)C2)CC1. The fourth-order valence-corrected chi connectivity index (χ4v) is 5.89. The third kappa shape index (κ3) is 5.95. The highest BCUT2D eigenvalue weighted by molar-refractivity contribution is 6.02. The number of anilines is 1. The van der Waals surface area contributed by atoms with E-state index in [1.54, 1.807) is 6.08 Å². The van der Waals surface area contributed by atoms with Crippen LogP contribution >= 0.6 is 0 Å². The molecule has 1 amide bonds. The van der Waals surface area contributed by atoms with Crippen LogP contribution < -0.4 is 16.0 Å². The molecule has 6 rings (SSSR count). The average Bonchev–Trinajstić information content (AvgIpc) is 3.43. The monoisotopic (exact) mass is 567 g/mol. The predicted molar refractivity (Wildman–Crippen MR) is 165 cm³/mol. The van der Waals surface area contributed by atoms with E-state index >= 15 is 0 Å². The number of ether oxygens (including phenoxy) is 1. The molecular formula is C32H37N7O3. The first kappa shape index (κ1) is 27.7. The van der Waals surface area contributed by atoms with Crippen molar-refractivity contribution in [2.75, 3.05) is 58.6 Å². The van der Waals surface area contributed by atoms with Gasteiger partial charge in [0.25, 0.3) is 5.56 Å². The van der Waals surface area contributed by atoms with E-state index in [1.807, 2.05) is 76.3 Å². The predicted octanol–water partition coefficient (Wildman–Crippen LogP) is 3.73. The standard InChI is InChI=1S/C32H37N7O3/c1-36-17-19-37(20-18-36)15-6-10-28(40)38-16-5-7-24(21-38)39-22-27(29-30(39)32(41)35-34-31(29)33)23-11-13-26(14-12-23)42-25-8-3-2-4-9-25/h2-4,6,8-14,22,24H,5,7,15-21H2,1H3,(H2,33,34)(H,35,41)/b10-6+/t24-/m1/s1. The number of nitrogens with two attached hydrogens (primary N) is 1. The van der Waals surface area contributed by atoms with Crippen molar-refractivity contribution in [1.82, 2.24) is 29.5 Å². The molecule has 2 aliphatic rings. The van der Waals surface area contributed by atoms with Crippen molar-refractivity contribution in [3.8, 4) is 22.6 Å². The molecule has 2 saturated heterocycles. The molecule has 0 spiro atoms. The minimum Gasteiger partial charge on any atom is -0.457 e. The molecule has 0 radical (unpaired) electrons. The van der Waals surface area contributed by atoms with Crippen LogP contribution in [0, 0.1) is 0 Å². The topological polar surface area (TPSA) is 113 Å².